The quantitative estimate of drug-likeness (QED) is 0.688. The molecule has 0 fully saturated rings. The SMILES string of the molecule is O=C(O)n1c(-c2cccc(C(F)F)c2)cc2ccc(Cl)nc21. The second kappa shape index (κ2) is 5.38. The molecule has 0 saturated carbocycles. The minimum Gasteiger partial charge on any atom is -0.464 e. The Labute approximate surface area is 128 Å². The van der Waals surface area contributed by atoms with Crippen molar-refractivity contribution in [1.82, 2.24) is 9.55 Å². The van der Waals surface area contributed by atoms with Gasteiger partial charge in [-0.2, -0.15) is 0 Å². The molecule has 7 heteroatoms. The van der Waals surface area contributed by atoms with E-state index < -0.39 is 12.5 Å². The van der Waals surface area contributed by atoms with Crippen LogP contribution in [0.5, 0.6) is 0 Å². The lowest BCUT2D eigenvalue weighted by molar-refractivity contribution is 0.151. The number of hydrogen-bond donors (Lipinski definition) is 1. The van der Waals surface area contributed by atoms with Gasteiger partial charge in [0.05, 0.1) is 5.69 Å². The first kappa shape index (κ1) is 14.5. The van der Waals surface area contributed by atoms with Crippen molar-refractivity contribution in [1.29, 1.82) is 0 Å². The molecule has 112 valence electrons. The Morgan fingerprint density at radius 3 is 2.68 bits per heavy atom. The first-order chi connectivity index (χ1) is 10.5. The van der Waals surface area contributed by atoms with Crippen LogP contribution < -0.4 is 0 Å². The highest BCUT2D eigenvalue weighted by Crippen LogP contribution is 2.30. The molecule has 0 aliphatic heterocycles. The lowest BCUT2D eigenvalue weighted by Gasteiger charge is -2.07. The number of aromatic nitrogens is 2. The fourth-order valence-corrected chi connectivity index (χ4v) is 2.44. The molecule has 0 saturated heterocycles. The Morgan fingerprint density at radius 1 is 1.23 bits per heavy atom. The number of hydrogen-bond acceptors (Lipinski definition) is 2. The topological polar surface area (TPSA) is 55.1 Å². The molecule has 2 aromatic heterocycles. The van der Waals surface area contributed by atoms with Crippen LogP contribution in [-0.2, 0) is 0 Å². The standard InChI is InChI=1S/C15H9ClF2N2O2/c16-12-5-4-10-7-11(20(15(21)22)14(10)19-12)8-2-1-3-9(6-8)13(17)18/h1-7,13H,(H,21,22). The number of fused-ring (bicyclic) bond motifs is 1. The molecule has 3 aromatic rings. The zero-order valence-corrected chi connectivity index (χ0v) is 11.8. The normalized spacial score (nSPS) is 11.3. The van der Waals surface area contributed by atoms with Gasteiger partial charge in [-0.1, -0.05) is 29.8 Å². The van der Waals surface area contributed by atoms with Gasteiger partial charge in [0.1, 0.15) is 5.15 Å². The van der Waals surface area contributed by atoms with E-state index in [1.165, 1.54) is 24.3 Å². The van der Waals surface area contributed by atoms with Gasteiger partial charge < -0.3 is 5.11 Å². The van der Waals surface area contributed by atoms with Gasteiger partial charge in [-0.3, -0.25) is 0 Å². The van der Waals surface area contributed by atoms with Crippen molar-refractivity contribution in [2.45, 2.75) is 6.43 Å². The largest absolute Gasteiger partial charge is 0.464 e. The summed E-state index contributed by atoms with van der Waals surface area (Å²) in [7, 11) is 0. The predicted octanol–water partition coefficient (Wildman–Crippen LogP) is 4.82. The van der Waals surface area contributed by atoms with Gasteiger partial charge in [-0.15, -0.1) is 0 Å². The van der Waals surface area contributed by atoms with Crippen LogP contribution in [0.2, 0.25) is 5.15 Å². The molecule has 0 spiro atoms. The number of carboxylic acid groups (broad SMARTS) is 1. The van der Waals surface area contributed by atoms with Gasteiger partial charge in [0.25, 0.3) is 6.43 Å². The van der Waals surface area contributed by atoms with E-state index >= 15 is 0 Å². The molecule has 0 radical (unpaired) electrons. The summed E-state index contributed by atoms with van der Waals surface area (Å²) in [5.41, 5.74) is 0.622. The number of rotatable bonds is 2. The predicted molar refractivity (Wildman–Crippen MR) is 78.6 cm³/mol. The summed E-state index contributed by atoms with van der Waals surface area (Å²) >= 11 is 5.80. The smallest absolute Gasteiger partial charge is 0.417 e. The Hall–Kier alpha value is -2.47. The molecule has 0 aliphatic carbocycles. The number of carbonyl (C=O) groups is 1. The minimum absolute atomic E-state index is 0.154. The van der Waals surface area contributed by atoms with Crippen molar-refractivity contribution >= 4 is 28.7 Å². The molecular weight excluding hydrogens is 314 g/mol. The van der Waals surface area contributed by atoms with Crippen molar-refractivity contribution in [3.8, 4) is 11.3 Å². The maximum Gasteiger partial charge on any atom is 0.417 e. The van der Waals surface area contributed by atoms with E-state index in [1.54, 1.807) is 18.2 Å². The van der Waals surface area contributed by atoms with Gasteiger partial charge >= 0.3 is 6.09 Å². The molecule has 3 rings (SSSR count). The maximum atomic E-state index is 12.8. The molecule has 4 nitrogen and oxygen atoms in total. The van der Waals surface area contributed by atoms with Crippen LogP contribution in [0, 0.1) is 0 Å². The van der Waals surface area contributed by atoms with Gasteiger partial charge in [-0.25, -0.2) is 23.1 Å². The highest BCUT2D eigenvalue weighted by Gasteiger charge is 2.18. The monoisotopic (exact) mass is 322 g/mol. The number of nitrogens with zero attached hydrogens (tertiary/aromatic N) is 2. The van der Waals surface area contributed by atoms with Crippen LogP contribution in [0.3, 0.4) is 0 Å². The lowest BCUT2D eigenvalue weighted by Crippen LogP contribution is -2.10. The van der Waals surface area contributed by atoms with E-state index in [2.05, 4.69) is 4.98 Å². The zero-order valence-electron chi connectivity index (χ0n) is 11.0. The molecule has 0 aliphatic rings. The molecule has 0 atom stereocenters. The fraction of sp³-hybridized carbons (Fsp3) is 0.0667. The van der Waals surface area contributed by atoms with Crippen molar-refractivity contribution in [3.05, 3.63) is 53.2 Å². The van der Waals surface area contributed by atoms with Crippen molar-refractivity contribution < 1.29 is 18.7 Å². The third kappa shape index (κ3) is 2.42. The van der Waals surface area contributed by atoms with Gasteiger partial charge in [0, 0.05) is 10.9 Å². The summed E-state index contributed by atoms with van der Waals surface area (Å²) in [5, 5.41) is 10.1. The average Bonchev–Trinajstić information content (AvgIpc) is 2.86. The van der Waals surface area contributed by atoms with Gasteiger partial charge in [-0.05, 0) is 29.8 Å². The first-order valence-electron chi connectivity index (χ1n) is 6.27. The van der Waals surface area contributed by atoms with Crippen LogP contribution in [0.1, 0.15) is 12.0 Å². The van der Waals surface area contributed by atoms with Crippen LogP contribution in [0.15, 0.2) is 42.5 Å². The van der Waals surface area contributed by atoms with Crippen LogP contribution in [0.25, 0.3) is 22.3 Å². The lowest BCUT2D eigenvalue weighted by atomic mass is 10.1. The molecular formula is C15H9ClF2N2O2. The molecule has 1 N–H and O–H groups in total. The summed E-state index contributed by atoms with van der Waals surface area (Å²) in [6.07, 6.45) is -3.89. The number of pyridine rings is 1. The van der Waals surface area contributed by atoms with E-state index in [0.29, 0.717) is 10.9 Å². The van der Waals surface area contributed by atoms with Crippen molar-refractivity contribution in [3.63, 3.8) is 0 Å². The van der Waals surface area contributed by atoms with Gasteiger partial charge in [0.2, 0.25) is 0 Å². The third-order valence-corrected chi connectivity index (χ3v) is 3.45. The average molecular weight is 323 g/mol. The summed E-state index contributed by atoms with van der Waals surface area (Å²) in [6, 6.07) is 10.3. The molecule has 0 bridgehead atoms. The number of halogens is 3. The Kier molecular flexibility index (Phi) is 3.54. The highest BCUT2D eigenvalue weighted by molar-refractivity contribution is 6.29. The van der Waals surface area contributed by atoms with Gasteiger partial charge in [0.15, 0.2) is 5.65 Å². The summed E-state index contributed by atoms with van der Waals surface area (Å²) in [4.78, 5) is 15.5. The van der Waals surface area contributed by atoms with E-state index in [9.17, 15) is 18.7 Å². The molecule has 1 aromatic carbocycles. The third-order valence-electron chi connectivity index (χ3n) is 3.24. The van der Waals surface area contributed by atoms with Crippen molar-refractivity contribution in [2.24, 2.45) is 0 Å². The molecule has 0 amide bonds. The minimum atomic E-state index is -2.63. The van der Waals surface area contributed by atoms with E-state index in [0.717, 1.165) is 4.57 Å². The van der Waals surface area contributed by atoms with E-state index in [-0.39, 0.29) is 22.1 Å². The van der Waals surface area contributed by atoms with Crippen LogP contribution in [0.4, 0.5) is 13.6 Å². The summed E-state index contributed by atoms with van der Waals surface area (Å²) in [6.45, 7) is 0. The second-order valence-electron chi connectivity index (χ2n) is 4.62. The second-order valence-corrected chi connectivity index (χ2v) is 5.01. The zero-order chi connectivity index (χ0) is 15.9. The van der Waals surface area contributed by atoms with E-state index in [4.69, 9.17) is 11.6 Å². The maximum absolute atomic E-state index is 12.8. The summed E-state index contributed by atoms with van der Waals surface area (Å²) in [5.74, 6) is 0. The molecule has 22 heavy (non-hydrogen) atoms. The first-order valence-corrected chi connectivity index (χ1v) is 6.65. The van der Waals surface area contributed by atoms with Crippen LogP contribution >= 0.6 is 11.6 Å². The number of alkyl halides is 2. The molecule has 2 heterocycles. The summed E-state index contributed by atoms with van der Waals surface area (Å²) < 4.78 is 26.6. The van der Waals surface area contributed by atoms with E-state index in [1.807, 2.05) is 0 Å². The Morgan fingerprint density at radius 2 is 2.00 bits per heavy atom. The number of benzene rings is 1. The Balaban J connectivity index is 2.28. The highest BCUT2D eigenvalue weighted by atomic mass is 35.5. The van der Waals surface area contributed by atoms with Crippen LogP contribution in [-0.4, -0.2) is 20.8 Å². The van der Waals surface area contributed by atoms with Crippen molar-refractivity contribution in [2.75, 3.05) is 0 Å². The molecule has 0 unspecified atom stereocenters. The Bertz CT molecular complexity index is 877. The fourth-order valence-electron chi connectivity index (χ4n) is 2.29.